The van der Waals surface area contributed by atoms with E-state index in [2.05, 4.69) is 10.6 Å². The number of aliphatic hydroxyl groups is 2. The summed E-state index contributed by atoms with van der Waals surface area (Å²) in [5, 5.41) is 23.7. The molecule has 0 bridgehead atoms. The summed E-state index contributed by atoms with van der Waals surface area (Å²) < 4.78 is 0. The zero-order chi connectivity index (χ0) is 11.5. The van der Waals surface area contributed by atoms with Gasteiger partial charge in [-0.05, 0) is 19.3 Å². The number of hydrogen-bond donors (Lipinski definition) is 4. The van der Waals surface area contributed by atoms with Crippen LogP contribution < -0.4 is 10.6 Å². The molecule has 0 aromatic heterocycles. The van der Waals surface area contributed by atoms with Crippen LogP contribution in [0.5, 0.6) is 0 Å². The molecule has 2 aliphatic heterocycles. The first-order chi connectivity index (χ1) is 7.66. The molecule has 16 heavy (non-hydrogen) atoms. The summed E-state index contributed by atoms with van der Waals surface area (Å²) in [5.74, 6) is 0.983. The summed E-state index contributed by atoms with van der Waals surface area (Å²) in [6, 6.07) is 0.494. The summed E-state index contributed by atoms with van der Waals surface area (Å²) in [5.41, 5.74) is 0. The van der Waals surface area contributed by atoms with Crippen molar-refractivity contribution in [2.45, 2.75) is 49.3 Å². The molecular formula is C10H18N2O3S. The van der Waals surface area contributed by atoms with Crippen LogP contribution in [0.1, 0.15) is 25.7 Å². The first-order valence-electron chi connectivity index (χ1n) is 5.71. The Morgan fingerprint density at radius 2 is 2.19 bits per heavy atom. The lowest BCUT2D eigenvalue weighted by Gasteiger charge is -2.16. The van der Waals surface area contributed by atoms with Gasteiger partial charge in [0.2, 0.25) is 0 Å². The summed E-state index contributed by atoms with van der Waals surface area (Å²) in [4.78, 5) is 11.1. The number of hydrogen-bond acceptors (Lipinski definition) is 4. The van der Waals surface area contributed by atoms with Crippen LogP contribution in [-0.4, -0.2) is 45.6 Å². The maximum Gasteiger partial charge on any atom is 0.315 e. The second-order valence-electron chi connectivity index (χ2n) is 4.39. The second-order valence-corrected chi connectivity index (χ2v) is 5.66. The van der Waals surface area contributed by atoms with Crippen molar-refractivity contribution in [3.05, 3.63) is 0 Å². The van der Waals surface area contributed by atoms with Gasteiger partial charge in [-0.3, -0.25) is 0 Å². The lowest BCUT2D eigenvalue weighted by molar-refractivity contribution is -0.0465. The molecular weight excluding hydrogens is 228 g/mol. The van der Waals surface area contributed by atoms with Crippen molar-refractivity contribution >= 4 is 17.8 Å². The van der Waals surface area contributed by atoms with Gasteiger partial charge in [0.1, 0.15) is 0 Å². The highest BCUT2D eigenvalue weighted by Gasteiger charge is 2.42. The van der Waals surface area contributed by atoms with Crippen molar-refractivity contribution in [3.63, 3.8) is 0 Å². The Labute approximate surface area is 99.0 Å². The van der Waals surface area contributed by atoms with Crippen LogP contribution >= 0.6 is 11.8 Å². The molecule has 92 valence electrons. The average molecular weight is 246 g/mol. The van der Waals surface area contributed by atoms with Crippen LogP contribution in [-0.2, 0) is 0 Å². The highest BCUT2D eigenvalue weighted by atomic mass is 32.2. The van der Waals surface area contributed by atoms with Crippen molar-refractivity contribution in [3.8, 4) is 0 Å². The SMILES string of the molecule is O=C1NC2CSC(CCCCC(O)O)C2N1. The molecule has 4 N–H and O–H groups in total. The number of nitrogens with one attached hydrogen (secondary N) is 2. The van der Waals surface area contributed by atoms with Crippen LogP contribution in [0.3, 0.4) is 0 Å². The molecule has 5 nitrogen and oxygen atoms in total. The predicted octanol–water partition coefficient (Wildman–Crippen LogP) is 0.0229. The number of fused-ring (bicyclic) bond motifs is 1. The molecule has 2 heterocycles. The van der Waals surface area contributed by atoms with E-state index in [-0.39, 0.29) is 18.1 Å². The molecule has 3 unspecified atom stereocenters. The number of amides is 2. The maximum absolute atomic E-state index is 11.1. The Bertz CT molecular complexity index is 262. The molecule has 0 aliphatic carbocycles. The van der Waals surface area contributed by atoms with Gasteiger partial charge in [-0.1, -0.05) is 6.42 Å². The first kappa shape index (κ1) is 12.0. The number of carbonyl (C=O) groups excluding carboxylic acids is 1. The molecule has 2 fully saturated rings. The number of carbonyl (C=O) groups is 1. The van der Waals surface area contributed by atoms with Gasteiger partial charge in [0.25, 0.3) is 0 Å². The zero-order valence-corrected chi connectivity index (χ0v) is 9.87. The Balaban J connectivity index is 1.68. The van der Waals surface area contributed by atoms with E-state index in [1.165, 1.54) is 0 Å². The Morgan fingerprint density at radius 1 is 1.38 bits per heavy atom. The monoisotopic (exact) mass is 246 g/mol. The summed E-state index contributed by atoms with van der Waals surface area (Å²) in [6.07, 6.45) is 2.09. The van der Waals surface area contributed by atoms with Gasteiger partial charge in [-0.25, -0.2) is 4.79 Å². The summed E-state index contributed by atoms with van der Waals surface area (Å²) >= 11 is 1.89. The lowest BCUT2D eigenvalue weighted by Crippen LogP contribution is -2.36. The van der Waals surface area contributed by atoms with Gasteiger partial charge < -0.3 is 20.8 Å². The lowest BCUT2D eigenvalue weighted by atomic mass is 10.0. The minimum atomic E-state index is -1.18. The van der Waals surface area contributed by atoms with Crippen molar-refractivity contribution in [2.24, 2.45) is 0 Å². The number of rotatable bonds is 5. The molecule has 2 amide bonds. The highest BCUT2D eigenvalue weighted by Crippen LogP contribution is 2.33. The van der Waals surface area contributed by atoms with Crippen LogP contribution in [0, 0.1) is 0 Å². The minimum absolute atomic E-state index is 0.0499. The normalized spacial score (nSPS) is 32.7. The number of thioether (sulfide) groups is 1. The number of urea groups is 1. The van der Waals surface area contributed by atoms with Gasteiger partial charge in [-0.15, -0.1) is 0 Å². The van der Waals surface area contributed by atoms with Crippen molar-refractivity contribution in [2.75, 3.05) is 5.75 Å². The predicted molar refractivity (Wildman–Crippen MR) is 62.2 cm³/mol. The molecule has 2 rings (SSSR count). The Hall–Kier alpha value is -0.460. The second kappa shape index (κ2) is 5.25. The molecule has 0 spiro atoms. The molecule has 2 aliphatic rings. The Kier molecular flexibility index (Phi) is 3.94. The van der Waals surface area contributed by atoms with Crippen LogP contribution in [0.25, 0.3) is 0 Å². The quantitative estimate of drug-likeness (QED) is 0.313. The molecule has 2 saturated heterocycles. The fraction of sp³-hybridized carbons (Fsp3) is 0.900. The minimum Gasteiger partial charge on any atom is -0.368 e. The maximum atomic E-state index is 11.1. The first-order valence-corrected chi connectivity index (χ1v) is 6.76. The van der Waals surface area contributed by atoms with Crippen LogP contribution in [0.2, 0.25) is 0 Å². The van der Waals surface area contributed by atoms with Crippen molar-refractivity contribution in [1.29, 1.82) is 0 Å². The summed E-state index contributed by atoms with van der Waals surface area (Å²) in [7, 11) is 0. The van der Waals surface area contributed by atoms with Gasteiger partial charge in [0.15, 0.2) is 6.29 Å². The molecule has 3 atom stereocenters. The third-order valence-corrected chi connectivity index (χ3v) is 4.65. The van der Waals surface area contributed by atoms with Crippen molar-refractivity contribution < 1.29 is 15.0 Å². The van der Waals surface area contributed by atoms with E-state index in [9.17, 15) is 4.79 Å². The molecule has 0 radical (unpaired) electrons. The van der Waals surface area contributed by atoms with E-state index in [0.717, 1.165) is 25.0 Å². The van der Waals surface area contributed by atoms with Gasteiger partial charge in [-0.2, -0.15) is 11.8 Å². The third-order valence-electron chi connectivity index (χ3n) is 3.14. The largest absolute Gasteiger partial charge is 0.368 e. The van der Waals surface area contributed by atoms with Crippen LogP contribution in [0.15, 0.2) is 0 Å². The van der Waals surface area contributed by atoms with E-state index >= 15 is 0 Å². The van der Waals surface area contributed by atoms with Gasteiger partial charge in [0, 0.05) is 11.0 Å². The van der Waals surface area contributed by atoms with E-state index in [1.807, 2.05) is 11.8 Å². The fourth-order valence-corrected chi connectivity index (χ4v) is 3.86. The highest BCUT2D eigenvalue weighted by molar-refractivity contribution is 8.00. The Morgan fingerprint density at radius 3 is 2.94 bits per heavy atom. The van der Waals surface area contributed by atoms with Crippen LogP contribution in [0.4, 0.5) is 4.79 Å². The molecule has 0 aromatic rings. The third kappa shape index (κ3) is 2.81. The molecule has 0 aromatic carbocycles. The molecule has 6 heteroatoms. The molecule has 0 saturated carbocycles. The van der Waals surface area contributed by atoms with E-state index in [0.29, 0.717) is 11.7 Å². The van der Waals surface area contributed by atoms with Gasteiger partial charge >= 0.3 is 6.03 Å². The van der Waals surface area contributed by atoms with E-state index < -0.39 is 6.29 Å². The number of unbranched alkanes of at least 4 members (excludes halogenated alkanes) is 1. The summed E-state index contributed by atoms with van der Waals surface area (Å²) in [6.45, 7) is 0. The van der Waals surface area contributed by atoms with E-state index in [4.69, 9.17) is 10.2 Å². The zero-order valence-electron chi connectivity index (χ0n) is 9.06. The van der Waals surface area contributed by atoms with Crippen molar-refractivity contribution in [1.82, 2.24) is 10.6 Å². The topological polar surface area (TPSA) is 81.6 Å². The fourth-order valence-electron chi connectivity index (χ4n) is 2.32. The number of aliphatic hydroxyl groups excluding tert-OH is 1. The smallest absolute Gasteiger partial charge is 0.315 e. The van der Waals surface area contributed by atoms with E-state index in [1.54, 1.807) is 0 Å². The van der Waals surface area contributed by atoms with Gasteiger partial charge in [0.05, 0.1) is 12.1 Å². The standard InChI is InChI=1S/C10H18N2O3S/c13-8(14)4-2-1-3-7-9-6(5-16-7)11-10(15)12-9/h6-9,13-14H,1-5H2,(H2,11,12,15). The average Bonchev–Trinajstić information content (AvgIpc) is 2.72.